The van der Waals surface area contributed by atoms with Crippen LogP contribution in [0.1, 0.15) is 44.0 Å². The van der Waals surface area contributed by atoms with Crippen LogP contribution in [0.5, 0.6) is 0 Å². The van der Waals surface area contributed by atoms with Gasteiger partial charge in [-0.1, -0.05) is 61.5 Å². The van der Waals surface area contributed by atoms with Gasteiger partial charge >= 0.3 is 0 Å². The second-order valence-electron chi connectivity index (χ2n) is 7.79. The van der Waals surface area contributed by atoms with Crippen LogP contribution in [0.4, 0.5) is 0 Å². The van der Waals surface area contributed by atoms with Gasteiger partial charge in [-0.3, -0.25) is 9.89 Å². The summed E-state index contributed by atoms with van der Waals surface area (Å²) in [6, 6.07) is 10.4. The van der Waals surface area contributed by atoms with Gasteiger partial charge in [0, 0.05) is 51.6 Å². The van der Waals surface area contributed by atoms with Crippen molar-refractivity contribution in [2.24, 2.45) is 4.99 Å². The van der Waals surface area contributed by atoms with Gasteiger partial charge in [0.15, 0.2) is 11.8 Å². The van der Waals surface area contributed by atoms with Gasteiger partial charge in [0.25, 0.3) is 0 Å². The van der Waals surface area contributed by atoms with Crippen molar-refractivity contribution in [2.45, 2.75) is 33.1 Å². The number of aromatic nitrogens is 2. The van der Waals surface area contributed by atoms with Crippen LogP contribution in [0, 0.1) is 0 Å². The lowest BCUT2D eigenvalue weighted by molar-refractivity contribution is 0.194. The number of nitrogens with one attached hydrogen (secondary N) is 1. The number of benzene rings is 1. The normalized spacial score (nSPS) is 16.0. The van der Waals surface area contributed by atoms with Gasteiger partial charge in [-0.15, -0.1) is 0 Å². The number of hydrogen-bond donors (Lipinski definition) is 1. The SMILES string of the molecule is CCNC(=NCCc1nc(C(C)C)no1)N1CCN(C/C=C/c2ccccc2)CC1. The first kappa shape index (κ1) is 22.0. The molecule has 0 radical (unpaired) electrons. The summed E-state index contributed by atoms with van der Waals surface area (Å²) in [5, 5.41) is 7.44. The first-order valence-corrected chi connectivity index (χ1v) is 11.0. The van der Waals surface area contributed by atoms with Crippen molar-refractivity contribution in [3.8, 4) is 0 Å². The fourth-order valence-electron chi connectivity index (χ4n) is 3.33. The maximum atomic E-state index is 5.32. The molecule has 1 fully saturated rings. The standard InChI is InChI=1S/C23H34N6O/c1-4-24-23(25-13-12-21-26-22(19(2)3)27-30-21)29-17-15-28(16-18-29)14-8-11-20-9-6-5-7-10-20/h5-11,19H,4,12-18H2,1-3H3,(H,24,25)/b11-8+. The monoisotopic (exact) mass is 410 g/mol. The molecule has 0 bridgehead atoms. The maximum absolute atomic E-state index is 5.32. The third kappa shape index (κ3) is 6.69. The zero-order valence-corrected chi connectivity index (χ0v) is 18.4. The molecule has 0 atom stereocenters. The Balaban J connectivity index is 1.45. The first-order valence-electron chi connectivity index (χ1n) is 11.0. The molecule has 0 saturated carbocycles. The van der Waals surface area contributed by atoms with E-state index >= 15 is 0 Å². The van der Waals surface area contributed by atoms with Crippen LogP contribution in [-0.2, 0) is 6.42 Å². The van der Waals surface area contributed by atoms with Crippen LogP contribution in [0.25, 0.3) is 6.08 Å². The number of aliphatic imine (C=N–C) groups is 1. The van der Waals surface area contributed by atoms with Crippen LogP contribution in [0.2, 0.25) is 0 Å². The molecule has 7 nitrogen and oxygen atoms in total. The van der Waals surface area contributed by atoms with Gasteiger partial charge in [-0.05, 0) is 12.5 Å². The second-order valence-corrected chi connectivity index (χ2v) is 7.79. The number of nitrogens with zero attached hydrogens (tertiary/aromatic N) is 5. The number of guanidine groups is 1. The van der Waals surface area contributed by atoms with Crippen molar-refractivity contribution in [2.75, 3.05) is 45.8 Å². The van der Waals surface area contributed by atoms with Crippen LogP contribution in [0.15, 0.2) is 45.9 Å². The quantitative estimate of drug-likeness (QED) is 0.533. The fourth-order valence-corrected chi connectivity index (χ4v) is 3.33. The Bertz CT molecular complexity index is 806. The van der Waals surface area contributed by atoms with E-state index in [0.717, 1.165) is 51.1 Å². The summed E-state index contributed by atoms with van der Waals surface area (Å²) in [5.74, 6) is 2.68. The summed E-state index contributed by atoms with van der Waals surface area (Å²) in [7, 11) is 0. The Kier molecular flexibility index (Phi) is 8.44. The van der Waals surface area contributed by atoms with Crippen molar-refractivity contribution in [3.05, 3.63) is 53.7 Å². The molecule has 1 N–H and O–H groups in total. The molecule has 0 unspecified atom stereocenters. The molecule has 0 spiro atoms. The predicted molar refractivity (Wildman–Crippen MR) is 122 cm³/mol. The van der Waals surface area contributed by atoms with Gasteiger partial charge in [0.1, 0.15) is 0 Å². The number of piperazine rings is 1. The molecule has 1 aliphatic rings. The highest BCUT2D eigenvalue weighted by Crippen LogP contribution is 2.10. The minimum absolute atomic E-state index is 0.280. The Morgan fingerprint density at radius 2 is 1.97 bits per heavy atom. The van der Waals surface area contributed by atoms with E-state index in [2.05, 4.69) is 82.4 Å². The molecule has 1 aromatic heterocycles. The van der Waals surface area contributed by atoms with E-state index < -0.39 is 0 Å². The highest BCUT2D eigenvalue weighted by atomic mass is 16.5. The maximum Gasteiger partial charge on any atom is 0.228 e. The molecule has 2 aromatic rings. The highest BCUT2D eigenvalue weighted by Gasteiger charge is 2.19. The van der Waals surface area contributed by atoms with E-state index in [1.54, 1.807) is 0 Å². The summed E-state index contributed by atoms with van der Waals surface area (Å²) in [5.41, 5.74) is 1.25. The zero-order chi connectivity index (χ0) is 21.2. The molecule has 0 amide bonds. The third-order valence-electron chi connectivity index (χ3n) is 5.07. The van der Waals surface area contributed by atoms with Crippen molar-refractivity contribution in [1.29, 1.82) is 0 Å². The lowest BCUT2D eigenvalue weighted by Crippen LogP contribution is -2.52. The molecule has 30 heavy (non-hydrogen) atoms. The fraction of sp³-hybridized carbons (Fsp3) is 0.522. The summed E-state index contributed by atoms with van der Waals surface area (Å²) in [6.45, 7) is 12.7. The van der Waals surface area contributed by atoms with Crippen LogP contribution in [-0.4, -0.2) is 71.7 Å². The third-order valence-corrected chi connectivity index (χ3v) is 5.07. The highest BCUT2D eigenvalue weighted by molar-refractivity contribution is 5.80. The average Bonchev–Trinajstić information content (AvgIpc) is 3.24. The molecule has 162 valence electrons. The van der Waals surface area contributed by atoms with Gasteiger partial charge in [-0.25, -0.2) is 0 Å². The van der Waals surface area contributed by atoms with Crippen molar-refractivity contribution in [1.82, 2.24) is 25.3 Å². The molecule has 2 heterocycles. The van der Waals surface area contributed by atoms with E-state index in [4.69, 9.17) is 9.52 Å². The van der Waals surface area contributed by atoms with Crippen LogP contribution < -0.4 is 5.32 Å². The lowest BCUT2D eigenvalue weighted by Gasteiger charge is -2.36. The number of hydrogen-bond acceptors (Lipinski definition) is 5. The van der Waals surface area contributed by atoms with E-state index in [9.17, 15) is 0 Å². The summed E-state index contributed by atoms with van der Waals surface area (Å²) < 4.78 is 5.32. The summed E-state index contributed by atoms with van der Waals surface area (Å²) >= 11 is 0. The van der Waals surface area contributed by atoms with Crippen molar-refractivity contribution < 1.29 is 4.52 Å². The van der Waals surface area contributed by atoms with Gasteiger partial charge in [0.05, 0.1) is 6.54 Å². The van der Waals surface area contributed by atoms with Crippen molar-refractivity contribution >= 4 is 12.0 Å². The Labute approximate surface area is 179 Å². The second kappa shape index (κ2) is 11.5. The van der Waals surface area contributed by atoms with Crippen molar-refractivity contribution in [3.63, 3.8) is 0 Å². The van der Waals surface area contributed by atoms with E-state index in [-0.39, 0.29) is 5.92 Å². The Morgan fingerprint density at radius 1 is 1.20 bits per heavy atom. The summed E-state index contributed by atoms with van der Waals surface area (Å²) in [4.78, 5) is 14.0. The summed E-state index contributed by atoms with van der Waals surface area (Å²) in [6.07, 6.45) is 5.11. The Morgan fingerprint density at radius 3 is 2.63 bits per heavy atom. The van der Waals surface area contributed by atoms with Crippen LogP contribution in [0.3, 0.4) is 0 Å². The molecular weight excluding hydrogens is 376 g/mol. The molecule has 1 aromatic carbocycles. The molecule has 0 aliphatic carbocycles. The zero-order valence-electron chi connectivity index (χ0n) is 18.4. The largest absolute Gasteiger partial charge is 0.357 e. The number of rotatable bonds is 8. The molecule has 7 heteroatoms. The Hall–Kier alpha value is -2.67. The van der Waals surface area contributed by atoms with Gasteiger partial charge < -0.3 is 14.7 Å². The first-order chi connectivity index (χ1) is 14.7. The van der Waals surface area contributed by atoms with E-state index in [1.807, 2.05) is 6.07 Å². The van der Waals surface area contributed by atoms with E-state index in [1.165, 1.54) is 5.56 Å². The minimum atomic E-state index is 0.280. The van der Waals surface area contributed by atoms with Gasteiger partial charge in [0.2, 0.25) is 5.89 Å². The lowest BCUT2D eigenvalue weighted by atomic mass is 10.2. The average molecular weight is 411 g/mol. The van der Waals surface area contributed by atoms with Gasteiger partial charge in [-0.2, -0.15) is 4.98 Å². The molecule has 1 saturated heterocycles. The molecule has 1 aliphatic heterocycles. The van der Waals surface area contributed by atoms with Crippen LogP contribution >= 0.6 is 0 Å². The smallest absolute Gasteiger partial charge is 0.228 e. The van der Waals surface area contributed by atoms with E-state index in [0.29, 0.717) is 18.9 Å². The predicted octanol–water partition coefficient (Wildman–Crippen LogP) is 3.03. The molecule has 3 rings (SSSR count). The molecular formula is C23H34N6O. The minimum Gasteiger partial charge on any atom is -0.357 e. The topological polar surface area (TPSA) is 69.8 Å².